The third-order valence-electron chi connectivity index (χ3n) is 3.50. The SMILES string of the molecule is CCCc1nc(CSc2nnc([C@H]3COc4ccccc4O3)o2)no1. The Balaban J connectivity index is 1.37. The van der Waals surface area contributed by atoms with Crippen LogP contribution in [0.5, 0.6) is 11.5 Å². The Labute approximate surface area is 147 Å². The van der Waals surface area contributed by atoms with E-state index in [0.29, 0.717) is 46.7 Å². The Morgan fingerprint density at radius 2 is 2.08 bits per heavy atom. The molecule has 2 aromatic heterocycles. The van der Waals surface area contributed by atoms with Crippen molar-refractivity contribution in [3.63, 3.8) is 0 Å². The van der Waals surface area contributed by atoms with E-state index in [1.165, 1.54) is 11.8 Å². The van der Waals surface area contributed by atoms with Gasteiger partial charge in [0.1, 0.15) is 6.61 Å². The van der Waals surface area contributed by atoms with Crippen LogP contribution < -0.4 is 9.47 Å². The molecule has 25 heavy (non-hydrogen) atoms. The average molecular weight is 360 g/mol. The summed E-state index contributed by atoms with van der Waals surface area (Å²) in [6, 6.07) is 7.49. The topological polar surface area (TPSA) is 96.3 Å². The van der Waals surface area contributed by atoms with Gasteiger partial charge in [0.15, 0.2) is 17.3 Å². The van der Waals surface area contributed by atoms with Gasteiger partial charge >= 0.3 is 0 Å². The molecule has 0 fully saturated rings. The van der Waals surface area contributed by atoms with Crippen molar-refractivity contribution in [1.29, 1.82) is 0 Å². The molecule has 0 saturated heterocycles. The van der Waals surface area contributed by atoms with E-state index < -0.39 is 6.10 Å². The number of ether oxygens (including phenoxy) is 2. The van der Waals surface area contributed by atoms with Crippen LogP contribution in [0.25, 0.3) is 0 Å². The smallest absolute Gasteiger partial charge is 0.277 e. The number of rotatable bonds is 6. The molecule has 3 heterocycles. The van der Waals surface area contributed by atoms with E-state index in [9.17, 15) is 0 Å². The molecule has 1 aliphatic rings. The summed E-state index contributed by atoms with van der Waals surface area (Å²) in [5.41, 5.74) is 0. The molecule has 3 aromatic rings. The number of hydrogen-bond acceptors (Lipinski definition) is 9. The number of aryl methyl sites for hydroxylation is 1. The van der Waals surface area contributed by atoms with Crippen molar-refractivity contribution >= 4 is 11.8 Å². The standard InChI is InChI=1S/C16H16N4O4S/c1-2-5-14-17-13(20-24-14)9-25-16-19-18-15(23-16)12-8-21-10-6-3-4-7-11(10)22-12/h3-4,6-7,12H,2,5,8-9H2,1H3/t12-/m1/s1. The molecule has 0 spiro atoms. The van der Waals surface area contributed by atoms with Crippen molar-refractivity contribution < 1.29 is 18.4 Å². The van der Waals surface area contributed by atoms with Crippen molar-refractivity contribution in [3.8, 4) is 11.5 Å². The lowest BCUT2D eigenvalue weighted by Gasteiger charge is -2.23. The van der Waals surface area contributed by atoms with Crippen LogP contribution >= 0.6 is 11.8 Å². The van der Waals surface area contributed by atoms with Crippen LogP contribution in [0.1, 0.15) is 37.1 Å². The first-order valence-electron chi connectivity index (χ1n) is 7.98. The van der Waals surface area contributed by atoms with Gasteiger partial charge in [-0.25, -0.2) is 0 Å². The van der Waals surface area contributed by atoms with Gasteiger partial charge in [-0.2, -0.15) is 4.98 Å². The Morgan fingerprint density at radius 1 is 1.20 bits per heavy atom. The second-order valence-corrected chi connectivity index (χ2v) is 6.34. The first-order valence-corrected chi connectivity index (χ1v) is 8.96. The third-order valence-corrected chi connectivity index (χ3v) is 4.32. The van der Waals surface area contributed by atoms with Crippen molar-refractivity contribution in [3.05, 3.63) is 41.9 Å². The van der Waals surface area contributed by atoms with E-state index in [4.69, 9.17) is 18.4 Å². The van der Waals surface area contributed by atoms with Crippen molar-refractivity contribution in [2.45, 2.75) is 36.8 Å². The number of nitrogens with zero attached hydrogens (tertiary/aromatic N) is 4. The van der Waals surface area contributed by atoms with Crippen LogP contribution in [0.2, 0.25) is 0 Å². The van der Waals surface area contributed by atoms with Gasteiger partial charge in [0.2, 0.25) is 12.0 Å². The summed E-state index contributed by atoms with van der Waals surface area (Å²) in [6.45, 7) is 2.39. The minimum Gasteiger partial charge on any atom is -0.485 e. The van der Waals surface area contributed by atoms with Crippen LogP contribution in [0.15, 0.2) is 38.4 Å². The fourth-order valence-electron chi connectivity index (χ4n) is 2.34. The van der Waals surface area contributed by atoms with Gasteiger partial charge in [0.05, 0.1) is 5.75 Å². The second kappa shape index (κ2) is 7.14. The predicted molar refractivity (Wildman–Crippen MR) is 87.5 cm³/mol. The van der Waals surface area contributed by atoms with E-state index in [0.717, 1.165) is 12.8 Å². The molecule has 0 radical (unpaired) electrons. The molecule has 0 saturated carbocycles. The van der Waals surface area contributed by atoms with Crippen LogP contribution in [0.4, 0.5) is 0 Å². The molecular formula is C16H16N4O4S. The van der Waals surface area contributed by atoms with Gasteiger partial charge in [-0.1, -0.05) is 36.0 Å². The minimum absolute atomic E-state index is 0.328. The van der Waals surface area contributed by atoms with E-state index in [1.54, 1.807) is 0 Å². The molecule has 0 unspecified atom stereocenters. The molecule has 1 aromatic carbocycles. The largest absolute Gasteiger partial charge is 0.485 e. The van der Waals surface area contributed by atoms with Crippen LogP contribution in [-0.4, -0.2) is 26.9 Å². The number of para-hydroxylation sites is 2. The lowest BCUT2D eigenvalue weighted by molar-refractivity contribution is 0.0686. The highest BCUT2D eigenvalue weighted by molar-refractivity contribution is 7.98. The zero-order valence-corrected chi connectivity index (χ0v) is 14.4. The van der Waals surface area contributed by atoms with Crippen molar-refractivity contribution in [1.82, 2.24) is 20.3 Å². The second-order valence-electron chi connectivity index (χ2n) is 5.41. The fraction of sp³-hybridized carbons (Fsp3) is 0.375. The number of aromatic nitrogens is 4. The maximum atomic E-state index is 5.85. The van der Waals surface area contributed by atoms with E-state index in [2.05, 4.69) is 27.3 Å². The fourth-order valence-corrected chi connectivity index (χ4v) is 2.95. The summed E-state index contributed by atoms with van der Waals surface area (Å²) in [7, 11) is 0. The van der Waals surface area contributed by atoms with Crippen LogP contribution in [0, 0.1) is 0 Å². The molecule has 1 atom stereocenters. The zero-order valence-electron chi connectivity index (χ0n) is 13.5. The van der Waals surface area contributed by atoms with E-state index in [-0.39, 0.29) is 0 Å². The van der Waals surface area contributed by atoms with Gasteiger partial charge in [-0.05, 0) is 18.6 Å². The van der Waals surface area contributed by atoms with Gasteiger partial charge in [-0.15, -0.1) is 10.2 Å². The van der Waals surface area contributed by atoms with Gasteiger partial charge < -0.3 is 18.4 Å². The summed E-state index contributed by atoms with van der Waals surface area (Å²) in [4.78, 5) is 4.30. The molecule has 4 rings (SSSR count). The summed E-state index contributed by atoms with van der Waals surface area (Å²) in [5.74, 6) is 3.53. The Kier molecular flexibility index (Phi) is 4.55. The quantitative estimate of drug-likeness (QED) is 0.614. The summed E-state index contributed by atoms with van der Waals surface area (Å²) < 4.78 is 22.3. The third kappa shape index (κ3) is 3.60. The number of fused-ring (bicyclic) bond motifs is 1. The zero-order chi connectivity index (χ0) is 17.1. The van der Waals surface area contributed by atoms with E-state index in [1.807, 2.05) is 24.3 Å². The van der Waals surface area contributed by atoms with Gasteiger partial charge in [-0.3, -0.25) is 0 Å². The lowest BCUT2D eigenvalue weighted by Crippen LogP contribution is -2.21. The van der Waals surface area contributed by atoms with Crippen molar-refractivity contribution in [2.75, 3.05) is 6.61 Å². The molecule has 0 bridgehead atoms. The number of hydrogen-bond donors (Lipinski definition) is 0. The molecule has 0 amide bonds. The summed E-state index contributed by atoms with van der Waals surface area (Å²) in [5, 5.41) is 12.4. The maximum absolute atomic E-state index is 5.85. The summed E-state index contributed by atoms with van der Waals surface area (Å²) in [6.07, 6.45) is 1.33. The normalized spacial score (nSPS) is 16.1. The Morgan fingerprint density at radius 3 is 2.96 bits per heavy atom. The number of thioether (sulfide) groups is 1. The highest BCUT2D eigenvalue weighted by Gasteiger charge is 2.27. The molecular weight excluding hydrogens is 344 g/mol. The Bertz CT molecular complexity index is 850. The average Bonchev–Trinajstić information content (AvgIpc) is 3.29. The Hall–Kier alpha value is -2.55. The molecule has 8 nitrogen and oxygen atoms in total. The molecule has 1 aliphatic heterocycles. The van der Waals surface area contributed by atoms with Gasteiger partial charge in [0.25, 0.3) is 11.1 Å². The molecule has 130 valence electrons. The molecule has 0 N–H and O–H groups in total. The highest BCUT2D eigenvalue weighted by atomic mass is 32.2. The first-order chi connectivity index (χ1) is 12.3. The molecule has 0 aliphatic carbocycles. The maximum Gasteiger partial charge on any atom is 0.277 e. The van der Waals surface area contributed by atoms with Gasteiger partial charge in [0, 0.05) is 6.42 Å². The van der Waals surface area contributed by atoms with E-state index >= 15 is 0 Å². The first kappa shape index (κ1) is 15.9. The number of benzene rings is 1. The predicted octanol–water partition coefficient (Wildman–Crippen LogP) is 3.21. The minimum atomic E-state index is -0.418. The van der Waals surface area contributed by atoms with Crippen LogP contribution in [0.3, 0.4) is 0 Å². The van der Waals surface area contributed by atoms with Crippen molar-refractivity contribution in [2.24, 2.45) is 0 Å². The summed E-state index contributed by atoms with van der Waals surface area (Å²) >= 11 is 1.35. The highest BCUT2D eigenvalue weighted by Crippen LogP contribution is 2.36. The molecule has 9 heteroatoms. The van der Waals surface area contributed by atoms with Crippen LogP contribution in [-0.2, 0) is 12.2 Å². The lowest BCUT2D eigenvalue weighted by atomic mass is 10.2. The monoisotopic (exact) mass is 360 g/mol.